The van der Waals surface area contributed by atoms with Crippen LogP contribution in [0.15, 0.2) is 23.5 Å². The van der Waals surface area contributed by atoms with Crippen LogP contribution in [0.3, 0.4) is 0 Å². The van der Waals surface area contributed by atoms with E-state index < -0.39 is 5.60 Å². The summed E-state index contributed by atoms with van der Waals surface area (Å²) in [5.74, 6) is 1.27. The smallest absolute Gasteiger partial charge is 0.410 e. The topological polar surface area (TPSA) is 89.5 Å². The molecule has 2 aromatic rings. The Labute approximate surface area is 199 Å². The molecule has 2 aromatic heterocycles. The number of aromatic nitrogens is 3. The van der Waals surface area contributed by atoms with Crippen molar-refractivity contribution < 1.29 is 14.3 Å². The number of anilines is 2. The van der Waals surface area contributed by atoms with Crippen molar-refractivity contribution in [2.45, 2.75) is 82.3 Å². The van der Waals surface area contributed by atoms with E-state index in [0.717, 1.165) is 40.1 Å². The number of amides is 1. The third-order valence-electron chi connectivity index (χ3n) is 5.53. The van der Waals surface area contributed by atoms with E-state index in [1.807, 2.05) is 46.4 Å². The fraction of sp³-hybridized carbons (Fsp3) is 0.583. The van der Waals surface area contributed by atoms with Crippen LogP contribution in [0.4, 0.5) is 16.3 Å². The maximum Gasteiger partial charge on any atom is 0.410 e. The maximum absolute atomic E-state index is 12.3. The predicted octanol–water partition coefficient (Wildman–Crippen LogP) is 5.26. The first-order valence-electron chi connectivity index (χ1n) is 11.6. The number of aryl methyl sites for hydroxylation is 1. The number of ether oxygens (including phenoxy) is 2. The molecule has 1 aliphatic heterocycles. The van der Waals surface area contributed by atoms with Gasteiger partial charge in [0.25, 0.3) is 0 Å². The van der Waals surface area contributed by atoms with Crippen LogP contribution in [-0.4, -0.2) is 56.0 Å². The maximum atomic E-state index is 12.3. The van der Waals surface area contributed by atoms with Crippen LogP contribution in [0.1, 0.15) is 57.7 Å². The fourth-order valence-electron chi connectivity index (χ4n) is 3.54. The number of thioether (sulfide) groups is 1. The van der Waals surface area contributed by atoms with E-state index in [9.17, 15) is 4.79 Å². The largest absolute Gasteiger partial charge is 0.474 e. The lowest BCUT2D eigenvalue weighted by Crippen LogP contribution is -2.44. The van der Waals surface area contributed by atoms with Gasteiger partial charge in [0.1, 0.15) is 23.9 Å². The van der Waals surface area contributed by atoms with Crippen LogP contribution in [-0.2, 0) is 4.74 Å². The van der Waals surface area contributed by atoms with E-state index in [0.29, 0.717) is 24.8 Å². The Morgan fingerprint density at radius 3 is 2.48 bits per heavy atom. The van der Waals surface area contributed by atoms with Gasteiger partial charge in [-0.3, -0.25) is 0 Å². The second kappa shape index (κ2) is 9.75. The molecule has 8 nitrogen and oxygen atoms in total. The van der Waals surface area contributed by atoms with Gasteiger partial charge in [-0.05, 0) is 59.6 Å². The molecule has 0 atom stereocenters. The van der Waals surface area contributed by atoms with Crippen molar-refractivity contribution in [1.29, 1.82) is 0 Å². The van der Waals surface area contributed by atoms with Gasteiger partial charge in [-0.25, -0.2) is 19.7 Å². The molecule has 33 heavy (non-hydrogen) atoms. The van der Waals surface area contributed by atoms with Gasteiger partial charge < -0.3 is 19.7 Å². The molecule has 0 aromatic carbocycles. The molecule has 1 saturated heterocycles. The quantitative estimate of drug-likeness (QED) is 0.610. The van der Waals surface area contributed by atoms with Crippen molar-refractivity contribution in [3.05, 3.63) is 29.7 Å². The summed E-state index contributed by atoms with van der Waals surface area (Å²) in [4.78, 5) is 27.5. The molecule has 3 heterocycles. The molecular formula is C24H33N5O3S. The molecule has 9 heteroatoms. The highest BCUT2D eigenvalue weighted by Crippen LogP contribution is 2.39. The summed E-state index contributed by atoms with van der Waals surface area (Å²) in [6.45, 7) is 10.8. The van der Waals surface area contributed by atoms with Crippen LogP contribution < -0.4 is 10.1 Å². The summed E-state index contributed by atoms with van der Waals surface area (Å²) < 4.78 is 11.7. The Morgan fingerprint density at radius 1 is 1.12 bits per heavy atom. The number of hydrogen-bond acceptors (Lipinski definition) is 8. The van der Waals surface area contributed by atoms with Crippen LogP contribution in [0.25, 0.3) is 0 Å². The zero-order chi connectivity index (χ0) is 23.6. The van der Waals surface area contributed by atoms with Crippen molar-refractivity contribution >= 4 is 29.4 Å². The van der Waals surface area contributed by atoms with Gasteiger partial charge in [0, 0.05) is 31.2 Å². The Balaban J connectivity index is 1.35. The zero-order valence-electron chi connectivity index (χ0n) is 20.1. The Morgan fingerprint density at radius 2 is 1.85 bits per heavy atom. The summed E-state index contributed by atoms with van der Waals surface area (Å²) >= 11 is 1.85. The molecule has 4 rings (SSSR count). The van der Waals surface area contributed by atoms with Gasteiger partial charge in [0.05, 0.1) is 22.0 Å². The molecule has 0 unspecified atom stereocenters. The summed E-state index contributed by atoms with van der Waals surface area (Å²) in [5.41, 5.74) is 2.22. The summed E-state index contributed by atoms with van der Waals surface area (Å²) in [6.07, 6.45) is 5.27. The number of carbonyl (C=O) groups is 1. The Hall–Kier alpha value is -2.55. The van der Waals surface area contributed by atoms with Gasteiger partial charge in [0.2, 0.25) is 5.88 Å². The standard InChI is InChI=1S/C24H33N5O3S/c1-15-21(28-19-8-9-20(27-16(19)2)33-18-6-7-18)25-14-26-22(15)31-17-10-12-29(13-11-17)23(30)32-24(3,4)5/h8-9,14,17-18H,6-7,10-13H2,1-5H3,(H,25,26,28). The number of piperidine rings is 1. The molecule has 2 aliphatic rings. The predicted molar refractivity (Wildman–Crippen MR) is 129 cm³/mol. The summed E-state index contributed by atoms with van der Waals surface area (Å²) in [5, 5.41) is 5.19. The van der Waals surface area contributed by atoms with E-state index >= 15 is 0 Å². The second-order valence-electron chi connectivity index (χ2n) is 9.66. The lowest BCUT2D eigenvalue weighted by Gasteiger charge is -2.33. The average molecular weight is 472 g/mol. The van der Waals surface area contributed by atoms with Gasteiger partial charge in [-0.15, -0.1) is 11.8 Å². The molecule has 1 N–H and O–H groups in total. The first-order valence-corrected chi connectivity index (χ1v) is 12.4. The van der Waals surface area contributed by atoms with E-state index in [1.54, 1.807) is 4.90 Å². The highest BCUT2D eigenvalue weighted by atomic mass is 32.2. The number of hydrogen-bond donors (Lipinski definition) is 1. The molecule has 0 bridgehead atoms. The minimum Gasteiger partial charge on any atom is -0.474 e. The van der Waals surface area contributed by atoms with Crippen LogP contribution in [0.2, 0.25) is 0 Å². The van der Waals surface area contributed by atoms with Crippen molar-refractivity contribution in [3.8, 4) is 5.88 Å². The number of nitrogens with zero attached hydrogens (tertiary/aromatic N) is 4. The van der Waals surface area contributed by atoms with E-state index in [4.69, 9.17) is 14.5 Å². The fourth-order valence-corrected chi connectivity index (χ4v) is 4.59. The molecule has 1 amide bonds. The van der Waals surface area contributed by atoms with Crippen molar-refractivity contribution in [2.75, 3.05) is 18.4 Å². The monoisotopic (exact) mass is 471 g/mol. The van der Waals surface area contributed by atoms with Gasteiger partial charge >= 0.3 is 6.09 Å². The number of likely N-dealkylation sites (tertiary alicyclic amines) is 1. The van der Waals surface area contributed by atoms with Crippen molar-refractivity contribution in [2.24, 2.45) is 0 Å². The van der Waals surface area contributed by atoms with Gasteiger partial charge in [0.15, 0.2) is 0 Å². The minimum atomic E-state index is -0.490. The molecule has 2 fully saturated rings. The van der Waals surface area contributed by atoms with E-state index in [2.05, 4.69) is 27.4 Å². The van der Waals surface area contributed by atoms with Crippen LogP contribution in [0, 0.1) is 13.8 Å². The highest BCUT2D eigenvalue weighted by molar-refractivity contribution is 8.00. The van der Waals surface area contributed by atoms with E-state index in [-0.39, 0.29) is 12.2 Å². The summed E-state index contributed by atoms with van der Waals surface area (Å²) in [6, 6.07) is 4.12. The average Bonchev–Trinajstić information content (AvgIpc) is 3.56. The van der Waals surface area contributed by atoms with Crippen molar-refractivity contribution in [3.63, 3.8) is 0 Å². The molecule has 1 saturated carbocycles. The molecule has 0 radical (unpaired) electrons. The number of nitrogens with one attached hydrogen (secondary N) is 1. The molecule has 178 valence electrons. The molecule has 1 aliphatic carbocycles. The van der Waals surface area contributed by atoms with Crippen LogP contribution in [0.5, 0.6) is 5.88 Å². The van der Waals surface area contributed by atoms with E-state index in [1.165, 1.54) is 19.2 Å². The van der Waals surface area contributed by atoms with Crippen molar-refractivity contribution in [1.82, 2.24) is 19.9 Å². The number of rotatable bonds is 6. The molecular weight excluding hydrogens is 438 g/mol. The SMILES string of the molecule is Cc1nc(SC2CC2)ccc1Nc1ncnc(OC2CCN(C(=O)OC(C)(C)C)CC2)c1C. The lowest BCUT2D eigenvalue weighted by atomic mass is 10.1. The Bertz CT molecular complexity index is 998. The van der Waals surface area contributed by atoms with Gasteiger partial charge in [-0.2, -0.15) is 0 Å². The second-order valence-corrected chi connectivity index (χ2v) is 11.0. The summed E-state index contributed by atoms with van der Waals surface area (Å²) in [7, 11) is 0. The first kappa shape index (κ1) is 23.6. The Kier molecular flexibility index (Phi) is 6.97. The lowest BCUT2D eigenvalue weighted by molar-refractivity contribution is 0.0122. The molecule has 0 spiro atoms. The van der Waals surface area contributed by atoms with Crippen LogP contribution >= 0.6 is 11.8 Å². The third kappa shape index (κ3) is 6.50. The zero-order valence-corrected chi connectivity index (χ0v) is 20.9. The number of pyridine rings is 1. The highest BCUT2D eigenvalue weighted by Gasteiger charge is 2.28. The number of carbonyl (C=O) groups excluding carboxylic acids is 1. The third-order valence-corrected chi connectivity index (χ3v) is 6.81. The first-order chi connectivity index (χ1) is 15.7. The minimum absolute atomic E-state index is 0.00716. The van der Waals surface area contributed by atoms with Gasteiger partial charge in [-0.1, -0.05) is 0 Å². The normalized spacial score (nSPS) is 17.1.